The molecule has 0 saturated heterocycles. The molecule has 0 bridgehead atoms. The maximum Gasteiger partial charge on any atom is 0.150 e. The lowest BCUT2D eigenvalue weighted by Gasteiger charge is -2.09. The van der Waals surface area contributed by atoms with Crippen molar-refractivity contribution in [2.75, 3.05) is 5.73 Å². The van der Waals surface area contributed by atoms with Crippen molar-refractivity contribution in [2.24, 2.45) is 5.92 Å². The van der Waals surface area contributed by atoms with Gasteiger partial charge in [0.15, 0.2) is 0 Å². The van der Waals surface area contributed by atoms with Crippen LogP contribution in [-0.2, 0) is 6.42 Å². The number of ether oxygens (including phenoxy) is 1. The maximum atomic E-state index is 5.84. The fourth-order valence-corrected chi connectivity index (χ4v) is 1.87. The Balaban J connectivity index is 2.09. The number of para-hydroxylation sites is 2. The van der Waals surface area contributed by atoms with Crippen molar-refractivity contribution >= 4 is 5.69 Å². The van der Waals surface area contributed by atoms with E-state index < -0.39 is 0 Å². The molecule has 2 heteroatoms. The van der Waals surface area contributed by atoms with Gasteiger partial charge in [0.05, 0.1) is 5.69 Å². The lowest BCUT2D eigenvalue weighted by atomic mass is 10.0. The van der Waals surface area contributed by atoms with Crippen molar-refractivity contribution in [3.63, 3.8) is 0 Å². The normalized spacial score (nSPS) is 10.6. The quantitative estimate of drug-likeness (QED) is 0.812. The first-order valence-corrected chi connectivity index (χ1v) is 6.26. The van der Waals surface area contributed by atoms with Crippen LogP contribution >= 0.6 is 0 Å². The van der Waals surface area contributed by atoms with Gasteiger partial charge < -0.3 is 10.5 Å². The Kier molecular flexibility index (Phi) is 3.88. The zero-order valence-electron chi connectivity index (χ0n) is 10.9. The third kappa shape index (κ3) is 3.27. The molecule has 0 unspecified atom stereocenters. The fourth-order valence-electron chi connectivity index (χ4n) is 1.87. The summed E-state index contributed by atoms with van der Waals surface area (Å²) >= 11 is 0. The number of hydrogen-bond donors (Lipinski definition) is 1. The van der Waals surface area contributed by atoms with Crippen LogP contribution in [0.25, 0.3) is 0 Å². The summed E-state index contributed by atoms with van der Waals surface area (Å²) in [4.78, 5) is 0. The van der Waals surface area contributed by atoms with Crippen LogP contribution in [0.2, 0.25) is 0 Å². The number of anilines is 1. The van der Waals surface area contributed by atoms with E-state index in [0.717, 1.165) is 12.2 Å². The Morgan fingerprint density at radius 2 is 1.67 bits per heavy atom. The lowest BCUT2D eigenvalue weighted by Crippen LogP contribution is -1.94. The summed E-state index contributed by atoms with van der Waals surface area (Å²) in [6.07, 6.45) is 1.09. The summed E-state index contributed by atoms with van der Waals surface area (Å²) in [6, 6.07) is 15.7. The smallest absolute Gasteiger partial charge is 0.150 e. The Morgan fingerprint density at radius 3 is 2.28 bits per heavy atom. The van der Waals surface area contributed by atoms with Crippen molar-refractivity contribution in [3.05, 3.63) is 54.1 Å². The first-order chi connectivity index (χ1) is 8.65. The van der Waals surface area contributed by atoms with Gasteiger partial charge in [0.1, 0.15) is 11.5 Å². The van der Waals surface area contributed by atoms with Crippen LogP contribution < -0.4 is 10.5 Å². The largest absolute Gasteiger partial charge is 0.455 e. The van der Waals surface area contributed by atoms with Gasteiger partial charge in [0, 0.05) is 0 Å². The molecule has 0 aliphatic carbocycles. The SMILES string of the molecule is CC(C)Cc1ccc(Oc2ccccc2N)cc1. The van der Waals surface area contributed by atoms with Crippen molar-refractivity contribution in [3.8, 4) is 11.5 Å². The number of benzene rings is 2. The molecule has 0 aliphatic heterocycles. The molecule has 0 radical (unpaired) electrons. The van der Waals surface area contributed by atoms with Gasteiger partial charge in [-0.25, -0.2) is 0 Å². The number of nitrogens with two attached hydrogens (primary N) is 1. The highest BCUT2D eigenvalue weighted by atomic mass is 16.5. The van der Waals surface area contributed by atoms with Crippen LogP contribution in [0.5, 0.6) is 11.5 Å². The zero-order valence-corrected chi connectivity index (χ0v) is 10.9. The summed E-state index contributed by atoms with van der Waals surface area (Å²) in [6.45, 7) is 4.43. The molecule has 2 aromatic carbocycles. The van der Waals surface area contributed by atoms with E-state index in [-0.39, 0.29) is 0 Å². The Bertz CT molecular complexity index is 503. The van der Waals surface area contributed by atoms with Gasteiger partial charge in [-0.3, -0.25) is 0 Å². The Labute approximate surface area is 108 Å². The maximum absolute atomic E-state index is 5.84. The summed E-state index contributed by atoms with van der Waals surface area (Å²) in [5.41, 5.74) is 7.83. The molecule has 2 rings (SSSR count). The highest BCUT2D eigenvalue weighted by molar-refractivity contribution is 5.53. The molecule has 2 N–H and O–H groups in total. The molecule has 0 atom stereocenters. The van der Waals surface area contributed by atoms with Crippen LogP contribution in [0.3, 0.4) is 0 Å². The minimum Gasteiger partial charge on any atom is -0.455 e. The van der Waals surface area contributed by atoms with Crippen LogP contribution in [0.15, 0.2) is 48.5 Å². The average Bonchev–Trinajstić information content (AvgIpc) is 2.34. The van der Waals surface area contributed by atoms with Crippen molar-refractivity contribution in [1.29, 1.82) is 0 Å². The highest BCUT2D eigenvalue weighted by Crippen LogP contribution is 2.27. The molecule has 0 amide bonds. The molecule has 0 spiro atoms. The van der Waals surface area contributed by atoms with Crippen LogP contribution in [0.1, 0.15) is 19.4 Å². The van der Waals surface area contributed by atoms with E-state index in [1.165, 1.54) is 5.56 Å². The van der Waals surface area contributed by atoms with E-state index in [0.29, 0.717) is 17.4 Å². The van der Waals surface area contributed by atoms with E-state index in [1.807, 2.05) is 36.4 Å². The Morgan fingerprint density at radius 1 is 1.00 bits per heavy atom. The van der Waals surface area contributed by atoms with Gasteiger partial charge in [-0.05, 0) is 42.2 Å². The lowest BCUT2D eigenvalue weighted by molar-refractivity contribution is 0.484. The van der Waals surface area contributed by atoms with E-state index in [1.54, 1.807) is 0 Å². The zero-order chi connectivity index (χ0) is 13.0. The molecule has 0 aromatic heterocycles. The Hall–Kier alpha value is -1.96. The van der Waals surface area contributed by atoms with E-state index in [9.17, 15) is 0 Å². The summed E-state index contributed by atoms with van der Waals surface area (Å²) in [5.74, 6) is 2.19. The van der Waals surface area contributed by atoms with Crippen LogP contribution in [-0.4, -0.2) is 0 Å². The first kappa shape index (κ1) is 12.5. The molecule has 0 aliphatic rings. The van der Waals surface area contributed by atoms with Crippen molar-refractivity contribution < 1.29 is 4.74 Å². The van der Waals surface area contributed by atoms with Gasteiger partial charge in [0.25, 0.3) is 0 Å². The second kappa shape index (κ2) is 5.58. The molecule has 0 fully saturated rings. The molecule has 0 saturated carbocycles. The van der Waals surface area contributed by atoms with Crippen LogP contribution in [0.4, 0.5) is 5.69 Å². The molecule has 0 heterocycles. The molecular weight excluding hydrogens is 222 g/mol. The molecule has 2 nitrogen and oxygen atoms in total. The topological polar surface area (TPSA) is 35.2 Å². The van der Waals surface area contributed by atoms with Gasteiger partial charge in [-0.15, -0.1) is 0 Å². The number of rotatable bonds is 4. The number of hydrogen-bond acceptors (Lipinski definition) is 2. The standard InChI is InChI=1S/C16H19NO/c1-12(2)11-13-7-9-14(10-8-13)18-16-6-4-3-5-15(16)17/h3-10,12H,11,17H2,1-2H3. The highest BCUT2D eigenvalue weighted by Gasteiger charge is 2.02. The minimum absolute atomic E-state index is 0.656. The van der Waals surface area contributed by atoms with Crippen LogP contribution in [0, 0.1) is 5.92 Å². The van der Waals surface area contributed by atoms with E-state index in [2.05, 4.69) is 26.0 Å². The van der Waals surface area contributed by atoms with Crippen molar-refractivity contribution in [1.82, 2.24) is 0 Å². The second-order valence-electron chi connectivity index (χ2n) is 4.88. The van der Waals surface area contributed by atoms with Gasteiger partial charge in [-0.2, -0.15) is 0 Å². The summed E-state index contributed by atoms with van der Waals surface area (Å²) < 4.78 is 5.74. The third-order valence-corrected chi connectivity index (χ3v) is 2.71. The molecule has 2 aromatic rings. The predicted molar refractivity (Wildman–Crippen MR) is 75.9 cm³/mol. The van der Waals surface area contributed by atoms with Gasteiger partial charge >= 0.3 is 0 Å². The fraction of sp³-hybridized carbons (Fsp3) is 0.250. The first-order valence-electron chi connectivity index (χ1n) is 6.26. The minimum atomic E-state index is 0.656. The monoisotopic (exact) mass is 241 g/mol. The number of nitrogen functional groups attached to an aromatic ring is 1. The summed E-state index contributed by atoms with van der Waals surface area (Å²) in [7, 11) is 0. The average molecular weight is 241 g/mol. The molecular formula is C16H19NO. The van der Waals surface area contributed by atoms with E-state index in [4.69, 9.17) is 10.5 Å². The second-order valence-corrected chi connectivity index (χ2v) is 4.88. The van der Waals surface area contributed by atoms with Gasteiger partial charge in [0.2, 0.25) is 0 Å². The van der Waals surface area contributed by atoms with E-state index >= 15 is 0 Å². The predicted octanol–water partition coefficient (Wildman–Crippen LogP) is 4.26. The molecule has 18 heavy (non-hydrogen) atoms. The van der Waals surface area contributed by atoms with Crippen molar-refractivity contribution in [2.45, 2.75) is 20.3 Å². The molecule has 94 valence electrons. The third-order valence-electron chi connectivity index (χ3n) is 2.71. The van der Waals surface area contributed by atoms with Gasteiger partial charge in [-0.1, -0.05) is 38.1 Å². The summed E-state index contributed by atoms with van der Waals surface area (Å²) in [5, 5.41) is 0.